The van der Waals surface area contributed by atoms with E-state index in [4.69, 9.17) is 0 Å². The van der Waals surface area contributed by atoms with E-state index in [2.05, 4.69) is 34.0 Å². The third-order valence-electron chi connectivity index (χ3n) is 3.93. The van der Waals surface area contributed by atoms with Gasteiger partial charge in [0.2, 0.25) is 0 Å². The lowest BCUT2D eigenvalue weighted by Gasteiger charge is -2.36. The van der Waals surface area contributed by atoms with E-state index in [-0.39, 0.29) is 11.9 Å². The molecule has 22 heavy (non-hydrogen) atoms. The van der Waals surface area contributed by atoms with Crippen LogP contribution in [0.15, 0.2) is 30.3 Å². The van der Waals surface area contributed by atoms with Gasteiger partial charge in [0.15, 0.2) is 0 Å². The predicted octanol–water partition coefficient (Wildman–Crippen LogP) is 2.28. The number of hydrogen-bond acceptors (Lipinski definition) is 5. The molecule has 1 aromatic heterocycles. The molecule has 3 rings (SSSR count). The third kappa shape index (κ3) is 3.03. The summed E-state index contributed by atoms with van der Waals surface area (Å²) in [6.07, 6.45) is 1.77. The number of hydrogen-bond donors (Lipinski definition) is 1. The van der Waals surface area contributed by atoms with Gasteiger partial charge in [0.05, 0.1) is 11.7 Å². The molecule has 1 aliphatic heterocycles. The van der Waals surface area contributed by atoms with E-state index in [1.807, 2.05) is 23.1 Å². The highest BCUT2D eigenvalue weighted by Gasteiger charge is 2.30. The molecule has 1 unspecified atom stereocenters. The van der Waals surface area contributed by atoms with E-state index in [9.17, 15) is 4.79 Å². The van der Waals surface area contributed by atoms with Crippen LogP contribution in [-0.2, 0) is 6.42 Å². The average molecular weight is 316 g/mol. The minimum absolute atomic E-state index is 0.0637. The Labute approximate surface area is 134 Å². The standard InChI is InChI=1S/C16H20N4OS/c1-2-6-13-15(22-19-18-13)16(21)20-10-9-17-11-14(20)12-7-4-3-5-8-12/h3-5,7-8,14,17H,2,6,9-11H2,1H3. The molecule has 1 saturated heterocycles. The Morgan fingerprint density at radius 1 is 1.41 bits per heavy atom. The first-order chi connectivity index (χ1) is 10.8. The molecule has 2 heterocycles. The van der Waals surface area contributed by atoms with E-state index in [0.29, 0.717) is 11.4 Å². The Balaban J connectivity index is 1.87. The lowest BCUT2D eigenvalue weighted by molar-refractivity contribution is 0.0638. The number of aromatic nitrogens is 2. The van der Waals surface area contributed by atoms with Crippen LogP contribution in [0.5, 0.6) is 0 Å². The minimum atomic E-state index is 0.0637. The first kappa shape index (κ1) is 15.1. The van der Waals surface area contributed by atoms with Gasteiger partial charge in [-0.3, -0.25) is 4.79 Å². The number of piperazine rings is 1. The van der Waals surface area contributed by atoms with Crippen LogP contribution >= 0.6 is 11.5 Å². The molecule has 1 aliphatic rings. The fourth-order valence-electron chi connectivity index (χ4n) is 2.82. The number of carbonyl (C=O) groups is 1. The Hall–Kier alpha value is -1.79. The Morgan fingerprint density at radius 2 is 2.23 bits per heavy atom. The molecule has 1 amide bonds. The molecule has 6 heteroatoms. The molecule has 2 aromatic rings. The summed E-state index contributed by atoms with van der Waals surface area (Å²) in [6.45, 7) is 4.41. The molecule has 1 N–H and O–H groups in total. The van der Waals surface area contributed by atoms with Crippen LogP contribution in [0.1, 0.15) is 40.3 Å². The molecule has 0 saturated carbocycles. The molecule has 0 bridgehead atoms. The SMILES string of the molecule is CCCc1nnsc1C(=O)N1CCNCC1c1ccccc1. The molecular weight excluding hydrogens is 296 g/mol. The van der Waals surface area contributed by atoms with Gasteiger partial charge in [0.25, 0.3) is 5.91 Å². The second-order valence-electron chi connectivity index (χ2n) is 5.43. The molecule has 0 radical (unpaired) electrons. The van der Waals surface area contributed by atoms with Crippen molar-refractivity contribution in [2.24, 2.45) is 0 Å². The molecule has 1 atom stereocenters. The Bertz CT molecular complexity index is 628. The molecule has 0 spiro atoms. The monoisotopic (exact) mass is 316 g/mol. The molecule has 116 valence electrons. The fourth-order valence-corrected chi connectivity index (χ4v) is 3.49. The molecule has 0 aliphatic carbocycles. The van der Waals surface area contributed by atoms with Gasteiger partial charge in [-0.1, -0.05) is 48.2 Å². The van der Waals surface area contributed by atoms with Gasteiger partial charge in [-0.2, -0.15) is 0 Å². The van der Waals surface area contributed by atoms with Crippen molar-refractivity contribution in [2.45, 2.75) is 25.8 Å². The quantitative estimate of drug-likeness (QED) is 0.940. The van der Waals surface area contributed by atoms with Crippen molar-refractivity contribution in [1.82, 2.24) is 19.8 Å². The van der Waals surface area contributed by atoms with Crippen LogP contribution in [0.2, 0.25) is 0 Å². The largest absolute Gasteiger partial charge is 0.328 e. The highest BCUT2D eigenvalue weighted by Crippen LogP contribution is 2.26. The zero-order chi connectivity index (χ0) is 15.4. The fraction of sp³-hybridized carbons (Fsp3) is 0.438. The minimum Gasteiger partial charge on any atom is -0.328 e. The van der Waals surface area contributed by atoms with Crippen molar-refractivity contribution in [3.05, 3.63) is 46.5 Å². The van der Waals surface area contributed by atoms with E-state index in [1.54, 1.807) is 0 Å². The topological polar surface area (TPSA) is 58.1 Å². The van der Waals surface area contributed by atoms with Gasteiger partial charge in [-0.25, -0.2) is 0 Å². The van der Waals surface area contributed by atoms with E-state index in [1.165, 1.54) is 11.5 Å². The summed E-state index contributed by atoms with van der Waals surface area (Å²) in [5, 5.41) is 7.51. The van der Waals surface area contributed by atoms with Crippen LogP contribution in [0.3, 0.4) is 0 Å². The van der Waals surface area contributed by atoms with Crippen molar-refractivity contribution < 1.29 is 4.79 Å². The van der Waals surface area contributed by atoms with E-state index >= 15 is 0 Å². The summed E-state index contributed by atoms with van der Waals surface area (Å²) in [5.41, 5.74) is 2.00. The second-order valence-corrected chi connectivity index (χ2v) is 6.18. The van der Waals surface area contributed by atoms with Gasteiger partial charge in [0, 0.05) is 19.6 Å². The van der Waals surface area contributed by atoms with Crippen molar-refractivity contribution in [3.63, 3.8) is 0 Å². The molecule has 1 aromatic carbocycles. The van der Waals surface area contributed by atoms with Crippen LogP contribution in [-0.4, -0.2) is 40.0 Å². The van der Waals surface area contributed by atoms with Crippen LogP contribution < -0.4 is 5.32 Å². The maximum Gasteiger partial charge on any atom is 0.268 e. The number of rotatable bonds is 4. The lowest BCUT2D eigenvalue weighted by Crippen LogP contribution is -2.48. The van der Waals surface area contributed by atoms with Gasteiger partial charge >= 0.3 is 0 Å². The first-order valence-corrected chi connectivity index (χ1v) is 8.46. The number of amides is 1. The third-order valence-corrected chi connectivity index (χ3v) is 4.68. The van der Waals surface area contributed by atoms with Crippen molar-refractivity contribution in [1.29, 1.82) is 0 Å². The van der Waals surface area contributed by atoms with E-state index < -0.39 is 0 Å². The number of aryl methyl sites for hydroxylation is 1. The summed E-state index contributed by atoms with van der Waals surface area (Å²) in [6, 6.07) is 10.3. The maximum absolute atomic E-state index is 13.0. The molecular formula is C16H20N4OS. The first-order valence-electron chi connectivity index (χ1n) is 7.69. The zero-order valence-corrected chi connectivity index (χ0v) is 13.5. The van der Waals surface area contributed by atoms with Crippen molar-refractivity contribution >= 4 is 17.4 Å². The van der Waals surface area contributed by atoms with Gasteiger partial charge in [0.1, 0.15) is 4.88 Å². The highest BCUT2D eigenvalue weighted by molar-refractivity contribution is 7.08. The average Bonchev–Trinajstić information content (AvgIpc) is 3.04. The maximum atomic E-state index is 13.0. The number of benzene rings is 1. The Morgan fingerprint density at radius 3 is 3.00 bits per heavy atom. The summed E-state index contributed by atoms with van der Waals surface area (Å²) in [5.74, 6) is 0.0637. The summed E-state index contributed by atoms with van der Waals surface area (Å²) in [4.78, 5) is 15.6. The smallest absolute Gasteiger partial charge is 0.268 e. The molecule has 1 fully saturated rings. The van der Waals surface area contributed by atoms with Crippen LogP contribution in [0, 0.1) is 0 Å². The number of nitrogens with zero attached hydrogens (tertiary/aromatic N) is 3. The van der Waals surface area contributed by atoms with Gasteiger partial charge in [-0.05, 0) is 23.5 Å². The van der Waals surface area contributed by atoms with E-state index in [0.717, 1.165) is 37.2 Å². The Kier molecular flexibility index (Phi) is 4.80. The number of carbonyl (C=O) groups excluding carboxylic acids is 1. The predicted molar refractivity (Wildman–Crippen MR) is 87.0 cm³/mol. The normalized spacial score (nSPS) is 18.4. The van der Waals surface area contributed by atoms with Crippen LogP contribution in [0.4, 0.5) is 0 Å². The van der Waals surface area contributed by atoms with Gasteiger partial charge < -0.3 is 10.2 Å². The highest BCUT2D eigenvalue weighted by atomic mass is 32.1. The zero-order valence-electron chi connectivity index (χ0n) is 12.7. The number of nitrogens with one attached hydrogen (secondary N) is 1. The molecule has 5 nitrogen and oxygen atoms in total. The van der Waals surface area contributed by atoms with Gasteiger partial charge in [-0.15, -0.1) is 5.10 Å². The lowest BCUT2D eigenvalue weighted by atomic mass is 10.0. The summed E-state index contributed by atoms with van der Waals surface area (Å²) < 4.78 is 3.98. The van der Waals surface area contributed by atoms with Crippen molar-refractivity contribution in [3.8, 4) is 0 Å². The van der Waals surface area contributed by atoms with Crippen LogP contribution in [0.25, 0.3) is 0 Å². The summed E-state index contributed by atoms with van der Waals surface area (Å²) >= 11 is 1.22. The second kappa shape index (κ2) is 6.98. The summed E-state index contributed by atoms with van der Waals surface area (Å²) in [7, 11) is 0. The van der Waals surface area contributed by atoms with Crippen molar-refractivity contribution in [2.75, 3.05) is 19.6 Å².